The lowest BCUT2D eigenvalue weighted by Crippen LogP contribution is -2.46. The number of likely N-dealkylation sites (tertiary alicyclic amines) is 1. The number of aromatic nitrogens is 1. The fourth-order valence-corrected chi connectivity index (χ4v) is 3.87. The standard InChI is InChI=1S/C21H25N3O2/c25-21(23-20-8-7-17-5-1-2-6-19(17)20)24-12-9-18(10-13-24)26-15-16-4-3-11-22-14-16/h1-6,11,14,18,20H,7-10,12-13,15H2,(H,23,25)/t20-/m1/s1. The zero-order valence-electron chi connectivity index (χ0n) is 14.9. The molecule has 4 rings (SSSR count). The first-order valence-corrected chi connectivity index (χ1v) is 9.43. The Bertz CT molecular complexity index is 742. The number of nitrogens with one attached hydrogen (secondary N) is 1. The molecule has 0 saturated carbocycles. The normalized spacial score (nSPS) is 20.0. The van der Waals surface area contributed by atoms with Gasteiger partial charge in [-0.2, -0.15) is 0 Å². The van der Waals surface area contributed by atoms with Gasteiger partial charge in [0.2, 0.25) is 0 Å². The summed E-state index contributed by atoms with van der Waals surface area (Å²) < 4.78 is 5.98. The number of benzene rings is 1. The Labute approximate surface area is 154 Å². The maximum absolute atomic E-state index is 12.6. The fourth-order valence-electron chi connectivity index (χ4n) is 3.87. The molecule has 1 aromatic heterocycles. The van der Waals surface area contributed by atoms with Crippen molar-refractivity contribution >= 4 is 6.03 Å². The molecule has 1 saturated heterocycles. The number of pyridine rings is 1. The molecule has 1 aliphatic heterocycles. The third kappa shape index (κ3) is 3.88. The number of nitrogens with zero attached hydrogens (tertiary/aromatic N) is 2. The van der Waals surface area contributed by atoms with Crippen LogP contribution < -0.4 is 5.32 Å². The molecule has 1 atom stereocenters. The molecule has 1 aliphatic carbocycles. The Hall–Kier alpha value is -2.40. The first-order chi connectivity index (χ1) is 12.8. The number of piperidine rings is 1. The van der Waals surface area contributed by atoms with Gasteiger partial charge in [-0.1, -0.05) is 30.3 Å². The zero-order valence-corrected chi connectivity index (χ0v) is 14.9. The van der Waals surface area contributed by atoms with Crippen LogP contribution in [0.3, 0.4) is 0 Å². The maximum Gasteiger partial charge on any atom is 0.317 e. The predicted octanol–water partition coefficient (Wildman–Crippen LogP) is 3.46. The molecule has 2 heterocycles. The summed E-state index contributed by atoms with van der Waals surface area (Å²) in [5.74, 6) is 0. The molecule has 2 aliphatic rings. The third-order valence-corrected chi connectivity index (χ3v) is 5.37. The highest BCUT2D eigenvalue weighted by Gasteiger charge is 2.28. The number of ether oxygens (including phenoxy) is 1. The number of hydrogen-bond donors (Lipinski definition) is 1. The second-order valence-corrected chi connectivity index (χ2v) is 7.10. The molecule has 5 heteroatoms. The number of rotatable bonds is 4. The highest BCUT2D eigenvalue weighted by atomic mass is 16.5. The number of amides is 2. The van der Waals surface area contributed by atoms with E-state index in [4.69, 9.17) is 4.74 Å². The molecule has 5 nitrogen and oxygen atoms in total. The summed E-state index contributed by atoms with van der Waals surface area (Å²) in [5.41, 5.74) is 3.73. The van der Waals surface area contributed by atoms with Crippen LogP contribution in [0.2, 0.25) is 0 Å². The van der Waals surface area contributed by atoms with Gasteiger partial charge in [0.05, 0.1) is 18.8 Å². The maximum atomic E-state index is 12.6. The Kier molecular flexibility index (Phi) is 5.16. The van der Waals surface area contributed by atoms with Gasteiger partial charge < -0.3 is 15.0 Å². The van der Waals surface area contributed by atoms with Crippen LogP contribution >= 0.6 is 0 Å². The van der Waals surface area contributed by atoms with Gasteiger partial charge in [-0.15, -0.1) is 0 Å². The van der Waals surface area contributed by atoms with Crippen molar-refractivity contribution in [3.8, 4) is 0 Å². The molecule has 0 radical (unpaired) electrons. The van der Waals surface area contributed by atoms with Gasteiger partial charge in [-0.25, -0.2) is 4.79 Å². The Morgan fingerprint density at radius 1 is 1.15 bits per heavy atom. The van der Waals surface area contributed by atoms with Crippen LogP contribution in [0.5, 0.6) is 0 Å². The number of carbonyl (C=O) groups is 1. The molecule has 0 spiro atoms. The van der Waals surface area contributed by atoms with Crippen LogP contribution in [0, 0.1) is 0 Å². The van der Waals surface area contributed by atoms with Crippen LogP contribution in [0.25, 0.3) is 0 Å². The Balaban J connectivity index is 1.24. The van der Waals surface area contributed by atoms with Crippen molar-refractivity contribution in [2.45, 2.75) is 44.4 Å². The molecule has 1 aromatic carbocycles. The van der Waals surface area contributed by atoms with Gasteiger partial charge in [-0.05, 0) is 48.4 Å². The van der Waals surface area contributed by atoms with Crippen molar-refractivity contribution in [2.75, 3.05) is 13.1 Å². The molecule has 2 amide bonds. The zero-order chi connectivity index (χ0) is 17.8. The van der Waals surface area contributed by atoms with Gasteiger partial charge >= 0.3 is 6.03 Å². The van der Waals surface area contributed by atoms with Gasteiger partial charge in [-0.3, -0.25) is 4.98 Å². The summed E-state index contributed by atoms with van der Waals surface area (Å²) in [5, 5.41) is 3.22. The van der Waals surface area contributed by atoms with Crippen LogP contribution in [-0.4, -0.2) is 35.1 Å². The molecular weight excluding hydrogens is 326 g/mol. The first-order valence-electron chi connectivity index (χ1n) is 9.43. The largest absolute Gasteiger partial charge is 0.373 e. The SMILES string of the molecule is O=C(N[C@@H]1CCc2ccccc21)N1CCC(OCc2cccnc2)CC1. The molecule has 136 valence electrons. The summed E-state index contributed by atoms with van der Waals surface area (Å²) in [6.07, 6.45) is 7.63. The van der Waals surface area contributed by atoms with Crippen molar-refractivity contribution in [2.24, 2.45) is 0 Å². The number of hydrogen-bond acceptors (Lipinski definition) is 3. The average molecular weight is 351 g/mol. The number of urea groups is 1. The molecule has 1 N–H and O–H groups in total. The van der Waals surface area contributed by atoms with Gasteiger partial charge in [0.25, 0.3) is 0 Å². The van der Waals surface area contributed by atoms with E-state index < -0.39 is 0 Å². The van der Waals surface area contributed by atoms with Crippen LogP contribution in [0.4, 0.5) is 4.79 Å². The van der Waals surface area contributed by atoms with Gasteiger partial charge in [0.1, 0.15) is 0 Å². The highest BCUT2D eigenvalue weighted by molar-refractivity contribution is 5.75. The van der Waals surface area contributed by atoms with E-state index in [1.165, 1.54) is 11.1 Å². The van der Waals surface area contributed by atoms with E-state index >= 15 is 0 Å². The Morgan fingerprint density at radius 2 is 2.00 bits per heavy atom. The lowest BCUT2D eigenvalue weighted by molar-refractivity contribution is 0.00418. The minimum absolute atomic E-state index is 0.0532. The number of fused-ring (bicyclic) bond motifs is 1. The van der Waals surface area contributed by atoms with E-state index in [0.29, 0.717) is 6.61 Å². The van der Waals surface area contributed by atoms with E-state index in [2.05, 4.69) is 28.5 Å². The van der Waals surface area contributed by atoms with Crippen molar-refractivity contribution in [1.29, 1.82) is 0 Å². The van der Waals surface area contributed by atoms with E-state index in [9.17, 15) is 4.79 Å². The molecule has 1 fully saturated rings. The van der Waals surface area contributed by atoms with Crippen LogP contribution in [-0.2, 0) is 17.8 Å². The summed E-state index contributed by atoms with van der Waals surface area (Å²) >= 11 is 0. The second kappa shape index (κ2) is 7.87. The molecule has 2 aromatic rings. The number of aryl methyl sites for hydroxylation is 1. The van der Waals surface area contributed by atoms with E-state index in [1.807, 2.05) is 29.3 Å². The summed E-state index contributed by atoms with van der Waals surface area (Å²) in [7, 11) is 0. The smallest absolute Gasteiger partial charge is 0.317 e. The highest BCUT2D eigenvalue weighted by Crippen LogP contribution is 2.31. The summed E-state index contributed by atoms with van der Waals surface area (Å²) in [4.78, 5) is 18.6. The topological polar surface area (TPSA) is 54.5 Å². The Morgan fingerprint density at radius 3 is 2.81 bits per heavy atom. The minimum Gasteiger partial charge on any atom is -0.373 e. The van der Waals surface area contributed by atoms with Crippen molar-refractivity contribution in [1.82, 2.24) is 15.2 Å². The predicted molar refractivity (Wildman–Crippen MR) is 99.7 cm³/mol. The van der Waals surface area contributed by atoms with Gasteiger partial charge in [0.15, 0.2) is 0 Å². The monoisotopic (exact) mass is 351 g/mol. The lowest BCUT2D eigenvalue weighted by Gasteiger charge is -2.33. The molecule has 26 heavy (non-hydrogen) atoms. The fraction of sp³-hybridized carbons (Fsp3) is 0.429. The molecule has 0 unspecified atom stereocenters. The minimum atomic E-state index is 0.0532. The van der Waals surface area contributed by atoms with Crippen LogP contribution in [0.15, 0.2) is 48.8 Å². The van der Waals surface area contributed by atoms with E-state index in [0.717, 1.165) is 44.3 Å². The lowest BCUT2D eigenvalue weighted by atomic mass is 10.1. The molecule has 0 bridgehead atoms. The quantitative estimate of drug-likeness (QED) is 0.918. The van der Waals surface area contributed by atoms with Crippen molar-refractivity contribution in [3.05, 3.63) is 65.5 Å². The second-order valence-electron chi connectivity index (χ2n) is 7.10. The third-order valence-electron chi connectivity index (χ3n) is 5.37. The summed E-state index contributed by atoms with van der Waals surface area (Å²) in [6.45, 7) is 2.08. The first kappa shape index (κ1) is 17.0. The van der Waals surface area contributed by atoms with Crippen molar-refractivity contribution < 1.29 is 9.53 Å². The van der Waals surface area contributed by atoms with Crippen LogP contribution in [0.1, 0.15) is 42.0 Å². The van der Waals surface area contributed by atoms with Gasteiger partial charge in [0, 0.05) is 25.5 Å². The number of carbonyl (C=O) groups excluding carboxylic acids is 1. The molecular formula is C21H25N3O2. The van der Waals surface area contributed by atoms with E-state index in [-0.39, 0.29) is 18.2 Å². The van der Waals surface area contributed by atoms with E-state index in [1.54, 1.807) is 6.20 Å². The summed E-state index contributed by atoms with van der Waals surface area (Å²) in [6, 6.07) is 12.6. The van der Waals surface area contributed by atoms with Crippen molar-refractivity contribution in [3.63, 3.8) is 0 Å². The average Bonchev–Trinajstić information content (AvgIpc) is 3.10.